The molecule has 0 unspecified atom stereocenters. The number of nitrogens with zero attached hydrogens (tertiary/aromatic N) is 2. The summed E-state index contributed by atoms with van der Waals surface area (Å²) in [6.07, 6.45) is 6.87. The van der Waals surface area contributed by atoms with Crippen molar-refractivity contribution in [2.45, 2.75) is 37.9 Å². The minimum Gasteiger partial charge on any atom is -0.490 e. The molecule has 0 amide bonds. The summed E-state index contributed by atoms with van der Waals surface area (Å²) in [7, 11) is 0. The molecule has 2 heterocycles. The van der Waals surface area contributed by atoms with Gasteiger partial charge in [0.15, 0.2) is 0 Å². The predicted molar refractivity (Wildman–Crippen MR) is 103 cm³/mol. The summed E-state index contributed by atoms with van der Waals surface area (Å²) < 4.78 is 6.11. The highest BCUT2D eigenvalue weighted by Crippen LogP contribution is 2.30. The summed E-state index contributed by atoms with van der Waals surface area (Å²) in [4.78, 5) is 8.51. The number of aromatic nitrogens is 2. The number of rotatable bonds is 4. The molecule has 0 spiro atoms. The third kappa shape index (κ3) is 3.89. The Hall–Kier alpha value is -2.37. The van der Waals surface area contributed by atoms with Gasteiger partial charge in [-0.05, 0) is 67.5 Å². The third-order valence-electron chi connectivity index (χ3n) is 4.67. The van der Waals surface area contributed by atoms with Crippen molar-refractivity contribution in [3.8, 4) is 5.75 Å². The lowest BCUT2D eigenvalue weighted by molar-refractivity contribution is 0.0666. The Balaban J connectivity index is 1.54. The van der Waals surface area contributed by atoms with Crippen LogP contribution in [0.1, 0.15) is 25.7 Å². The number of halogens is 1. The van der Waals surface area contributed by atoms with Crippen LogP contribution in [0.4, 0.5) is 11.5 Å². The number of hydrogen-bond acceptors (Lipinski definition) is 5. The summed E-state index contributed by atoms with van der Waals surface area (Å²) >= 11 is 5.83. The second-order valence-electron chi connectivity index (χ2n) is 6.59. The van der Waals surface area contributed by atoms with Crippen molar-refractivity contribution in [3.63, 3.8) is 0 Å². The summed E-state index contributed by atoms with van der Waals surface area (Å²) in [5, 5.41) is 15.4. The van der Waals surface area contributed by atoms with E-state index in [4.69, 9.17) is 16.3 Å². The Morgan fingerprint density at radius 1 is 1.04 bits per heavy atom. The van der Waals surface area contributed by atoms with E-state index in [1.807, 2.05) is 30.3 Å². The van der Waals surface area contributed by atoms with Crippen molar-refractivity contribution in [2.24, 2.45) is 0 Å². The Morgan fingerprint density at radius 3 is 2.65 bits per heavy atom. The molecule has 0 bridgehead atoms. The van der Waals surface area contributed by atoms with E-state index in [-0.39, 0.29) is 12.2 Å². The zero-order valence-corrected chi connectivity index (χ0v) is 15.0. The number of anilines is 2. The van der Waals surface area contributed by atoms with Crippen LogP contribution in [0.15, 0.2) is 48.8 Å². The van der Waals surface area contributed by atoms with Gasteiger partial charge in [0.25, 0.3) is 0 Å². The van der Waals surface area contributed by atoms with Gasteiger partial charge in [-0.1, -0.05) is 11.6 Å². The summed E-state index contributed by atoms with van der Waals surface area (Å²) in [6.45, 7) is 0. The van der Waals surface area contributed by atoms with Gasteiger partial charge in [0.2, 0.25) is 0 Å². The molecule has 1 aliphatic carbocycles. The van der Waals surface area contributed by atoms with Crippen LogP contribution in [0.5, 0.6) is 5.75 Å². The monoisotopic (exact) mass is 369 g/mol. The van der Waals surface area contributed by atoms with Gasteiger partial charge in [-0.3, -0.25) is 0 Å². The first kappa shape index (κ1) is 17.1. The number of hydrogen-bond donors (Lipinski definition) is 2. The third-order valence-corrected chi connectivity index (χ3v) is 4.90. The normalized spacial score (nSPS) is 20.1. The molecule has 26 heavy (non-hydrogen) atoms. The van der Waals surface area contributed by atoms with Gasteiger partial charge < -0.3 is 15.2 Å². The number of nitrogens with one attached hydrogen (secondary N) is 1. The van der Waals surface area contributed by atoms with Crippen molar-refractivity contribution >= 4 is 33.9 Å². The van der Waals surface area contributed by atoms with Crippen LogP contribution >= 0.6 is 11.6 Å². The van der Waals surface area contributed by atoms with Gasteiger partial charge in [-0.25, -0.2) is 9.97 Å². The first-order valence-corrected chi connectivity index (χ1v) is 9.17. The molecule has 1 saturated carbocycles. The van der Waals surface area contributed by atoms with E-state index in [1.165, 1.54) is 0 Å². The van der Waals surface area contributed by atoms with Gasteiger partial charge in [0.1, 0.15) is 16.7 Å². The van der Waals surface area contributed by atoms with Gasteiger partial charge in [-0.15, -0.1) is 0 Å². The van der Waals surface area contributed by atoms with Gasteiger partial charge >= 0.3 is 0 Å². The number of aliphatic hydroxyl groups excluding tert-OH is 1. The molecule has 0 aliphatic heterocycles. The standard InChI is InChI=1S/C20H20ClN3O2/c21-19-8-1-14(12-23-19)24-20-18-7-6-17(11-13(18)9-10-22-20)26-16-4-2-15(25)3-5-16/h1,6-12,15-16,25H,2-5H2,(H,22,24). The lowest BCUT2D eigenvalue weighted by Gasteiger charge is -2.26. The smallest absolute Gasteiger partial charge is 0.138 e. The fourth-order valence-electron chi connectivity index (χ4n) is 3.27. The molecule has 5 nitrogen and oxygen atoms in total. The summed E-state index contributed by atoms with van der Waals surface area (Å²) in [5.41, 5.74) is 0.829. The van der Waals surface area contributed by atoms with Crippen LogP contribution in [-0.4, -0.2) is 27.3 Å². The molecule has 6 heteroatoms. The molecular weight excluding hydrogens is 350 g/mol. The zero-order valence-electron chi connectivity index (χ0n) is 14.2. The fraction of sp³-hybridized carbons (Fsp3) is 0.300. The van der Waals surface area contributed by atoms with Crippen molar-refractivity contribution in [3.05, 3.63) is 53.9 Å². The van der Waals surface area contributed by atoms with Crippen LogP contribution in [0, 0.1) is 0 Å². The first-order chi connectivity index (χ1) is 12.7. The molecule has 1 aromatic carbocycles. The van der Waals surface area contributed by atoms with Gasteiger partial charge in [0, 0.05) is 11.6 Å². The molecule has 3 aromatic rings. The topological polar surface area (TPSA) is 67.3 Å². The molecule has 2 aromatic heterocycles. The second kappa shape index (κ2) is 7.48. The number of benzene rings is 1. The van der Waals surface area contributed by atoms with E-state index in [9.17, 15) is 5.11 Å². The molecule has 2 N–H and O–H groups in total. The highest BCUT2D eigenvalue weighted by atomic mass is 35.5. The Kier molecular flexibility index (Phi) is 4.91. The zero-order chi connectivity index (χ0) is 17.9. The predicted octanol–water partition coefficient (Wildman–Crippen LogP) is 4.71. The maximum Gasteiger partial charge on any atom is 0.138 e. The summed E-state index contributed by atoms with van der Waals surface area (Å²) in [6, 6.07) is 11.6. The highest BCUT2D eigenvalue weighted by molar-refractivity contribution is 6.29. The van der Waals surface area contributed by atoms with E-state index >= 15 is 0 Å². The van der Waals surface area contributed by atoms with E-state index in [2.05, 4.69) is 15.3 Å². The van der Waals surface area contributed by atoms with Gasteiger partial charge in [0.05, 0.1) is 24.1 Å². The quantitative estimate of drug-likeness (QED) is 0.652. The Bertz CT molecular complexity index is 893. The summed E-state index contributed by atoms with van der Waals surface area (Å²) in [5.74, 6) is 1.61. The van der Waals surface area contributed by atoms with Crippen LogP contribution < -0.4 is 10.1 Å². The van der Waals surface area contributed by atoms with E-state index in [0.29, 0.717) is 5.15 Å². The number of pyridine rings is 2. The fourth-order valence-corrected chi connectivity index (χ4v) is 3.38. The van der Waals surface area contributed by atoms with Crippen molar-refractivity contribution < 1.29 is 9.84 Å². The molecule has 0 radical (unpaired) electrons. The number of fused-ring (bicyclic) bond motifs is 1. The average molecular weight is 370 g/mol. The molecule has 0 saturated heterocycles. The molecule has 1 fully saturated rings. The van der Waals surface area contributed by atoms with Crippen LogP contribution in [-0.2, 0) is 0 Å². The highest BCUT2D eigenvalue weighted by Gasteiger charge is 2.20. The minimum atomic E-state index is -0.173. The molecule has 1 aliphatic rings. The molecule has 4 rings (SSSR count). The van der Waals surface area contributed by atoms with Crippen LogP contribution in [0.25, 0.3) is 10.8 Å². The second-order valence-corrected chi connectivity index (χ2v) is 6.97. The SMILES string of the molecule is OC1CCC(Oc2ccc3c(Nc4ccc(Cl)nc4)nccc3c2)CC1. The largest absolute Gasteiger partial charge is 0.490 e. The Labute approximate surface area is 157 Å². The number of ether oxygens (including phenoxy) is 1. The maximum absolute atomic E-state index is 9.62. The van der Waals surface area contributed by atoms with Crippen molar-refractivity contribution in [2.75, 3.05) is 5.32 Å². The minimum absolute atomic E-state index is 0.173. The number of aliphatic hydroxyl groups is 1. The van der Waals surface area contributed by atoms with Crippen LogP contribution in [0.3, 0.4) is 0 Å². The first-order valence-electron chi connectivity index (χ1n) is 8.79. The van der Waals surface area contributed by atoms with E-state index in [1.54, 1.807) is 18.5 Å². The lowest BCUT2D eigenvalue weighted by Crippen LogP contribution is -2.26. The van der Waals surface area contributed by atoms with E-state index in [0.717, 1.165) is 53.7 Å². The van der Waals surface area contributed by atoms with E-state index < -0.39 is 0 Å². The Morgan fingerprint density at radius 2 is 1.88 bits per heavy atom. The van der Waals surface area contributed by atoms with Crippen molar-refractivity contribution in [1.29, 1.82) is 0 Å². The molecular formula is C20H20ClN3O2. The molecule has 134 valence electrons. The lowest BCUT2D eigenvalue weighted by atomic mass is 9.95. The van der Waals surface area contributed by atoms with Crippen molar-refractivity contribution in [1.82, 2.24) is 9.97 Å². The maximum atomic E-state index is 9.62. The molecule has 0 atom stereocenters. The average Bonchev–Trinajstić information content (AvgIpc) is 2.65. The van der Waals surface area contributed by atoms with Gasteiger partial charge in [-0.2, -0.15) is 0 Å². The van der Waals surface area contributed by atoms with Crippen LogP contribution in [0.2, 0.25) is 5.15 Å².